The Morgan fingerprint density at radius 1 is 1.33 bits per heavy atom. The van der Waals surface area contributed by atoms with E-state index in [-0.39, 0.29) is 0 Å². The third-order valence-electron chi connectivity index (χ3n) is 3.59. The van der Waals surface area contributed by atoms with E-state index in [2.05, 4.69) is 34.6 Å². The lowest BCUT2D eigenvalue weighted by atomic mass is 9.81. The smallest absolute Gasteiger partial charge is 0.0323 e. The Bertz CT molecular complexity index is 144. The van der Waals surface area contributed by atoms with Crippen LogP contribution in [-0.4, -0.2) is 0 Å². The highest BCUT2D eigenvalue weighted by atomic mass is 14.5. The summed E-state index contributed by atoms with van der Waals surface area (Å²) in [7, 11) is 0. The first-order valence-electron chi connectivity index (χ1n) is 5.49. The van der Waals surface area contributed by atoms with Gasteiger partial charge in [-0.25, -0.2) is 0 Å². The van der Waals surface area contributed by atoms with Crippen LogP contribution in [0.25, 0.3) is 0 Å². The summed E-state index contributed by atoms with van der Waals surface area (Å²) in [6.45, 7) is 11.9. The summed E-state index contributed by atoms with van der Waals surface area (Å²) in [4.78, 5) is 0. The number of hydrogen-bond donors (Lipinski definition) is 0. The first-order valence-corrected chi connectivity index (χ1v) is 5.49. The lowest BCUT2D eigenvalue weighted by Gasteiger charge is -2.25. The highest BCUT2D eigenvalue weighted by Crippen LogP contribution is 2.55. The Hall–Kier alpha value is 0. The summed E-state index contributed by atoms with van der Waals surface area (Å²) >= 11 is 0. The van der Waals surface area contributed by atoms with Gasteiger partial charge in [0, 0.05) is 0 Å². The molecule has 1 rings (SSSR count). The molecule has 0 aromatic heterocycles. The van der Waals surface area contributed by atoms with Crippen molar-refractivity contribution in [3.63, 3.8) is 0 Å². The molecule has 1 saturated carbocycles. The van der Waals surface area contributed by atoms with Crippen LogP contribution in [0.15, 0.2) is 0 Å². The molecule has 0 heteroatoms. The summed E-state index contributed by atoms with van der Waals surface area (Å²) < 4.78 is 0. The fourth-order valence-electron chi connectivity index (χ4n) is 2.68. The Labute approximate surface area is 77.7 Å². The van der Waals surface area contributed by atoms with Gasteiger partial charge in [0.1, 0.15) is 0 Å². The fourth-order valence-corrected chi connectivity index (χ4v) is 2.68. The van der Waals surface area contributed by atoms with Gasteiger partial charge in [-0.05, 0) is 36.0 Å². The average Bonchev–Trinajstić information content (AvgIpc) is 2.63. The first kappa shape index (κ1) is 10.1. The minimum Gasteiger partial charge on any atom is -0.0654 e. The average molecular weight is 168 g/mol. The number of hydrogen-bond acceptors (Lipinski definition) is 0. The maximum absolute atomic E-state index is 2.45. The highest BCUT2D eigenvalue weighted by Gasteiger charge is 2.47. The van der Waals surface area contributed by atoms with E-state index in [0.29, 0.717) is 5.41 Å². The zero-order valence-electron chi connectivity index (χ0n) is 9.35. The summed E-state index contributed by atoms with van der Waals surface area (Å²) in [5, 5.41) is 0. The van der Waals surface area contributed by atoms with Crippen LogP contribution in [0.4, 0.5) is 0 Å². The molecule has 0 saturated heterocycles. The van der Waals surface area contributed by atoms with Crippen molar-refractivity contribution in [2.45, 2.75) is 53.9 Å². The lowest BCUT2D eigenvalue weighted by molar-refractivity contribution is 0.252. The zero-order chi connectivity index (χ0) is 9.35. The second-order valence-corrected chi connectivity index (χ2v) is 5.49. The van der Waals surface area contributed by atoms with E-state index < -0.39 is 0 Å². The van der Waals surface area contributed by atoms with Crippen molar-refractivity contribution in [3.8, 4) is 0 Å². The predicted molar refractivity (Wildman–Crippen MR) is 55.1 cm³/mol. The second kappa shape index (κ2) is 3.40. The van der Waals surface area contributed by atoms with Crippen molar-refractivity contribution in [1.82, 2.24) is 0 Å². The zero-order valence-corrected chi connectivity index (χ0v) is 9.35. The summed E-state index contributed by atoms with van der Waals surface area (Å²) in [5.41, 5.74) is 0.615. The molecule has 0 aliphatic heterocycles. The molecule has 0 nitrogen and oxygen atoms in total. The quantitative estimate of drug-likeness (QED) is 0.592. The van der Waals surface area contributed by atoms with Gasteiger partial charge in [0.25, 0.3) is 0 Å². The van der Waals surface area contributed by atoms with Crippen LogP contribution in [0.2, 0.25) is 0 Å². The molecule has 1 aliphatic carbocycles. The SMILES string of the molecule is CCCC(C)(C)C1CC1C(C)C. The van der Waals surface area contributed by atoms with Crippen molar-refractivity contribution in [2.24, 2.45) is 23.2 Å². The summed E-state index contributed by atoms with van der Waals surface area (Å²) in [5.74, 6) is 2.97. The van der Waals surface area contributed by atoms with Crippen LogP contribution in [0.3, 0.4) is 0 Å². The van der Waals surface area contributed by atoms with Crippen molar-refractivity contribution < 1.29 is 0 Å². The molecule has 72 valence electrons. The molecule has 0 heterocycles. The molecule has 0 radical (unpaired) electrons. The molecular formula is C12H24. The molecule has 0 N–H and O–H groups in total. The Morgan fingerprint density at radius 3 is 2.25 bits per heavy atom. The molecule has 2 unspecified atom stereocenters. The van der Waals surface area contributed by atoms with Crippen molar-refractivity contribution in [3.05, 3.63) is 0 Å². The molecule has 0 aromatic rings. The Kier molecular flexibility index (Phi) is 2.85. The molecule has 1 aliphatic rings. The van der Waals surface area contributed by atoms with E-state index in [4.69, 9.17) is 0 Å². The predicted octanol–water partition coefficient (Wildman–Crippen LogP) is 4.10. The third kappa shape index (κ3) is 2.02. The van der Waals surface area contributed by atoms with Gasteiger partial charge in [0.15, 0.2) is 0 Å². The van der Waals surface area contributed by atoms with Gasteiger partial charge >= 0.3 is 0 Å². The van der Waals surface area contributed by atoms with E-state index in [1.54, 1.807) is 0 Å². The normalized spacial score (nSPS) is 29.5. The maximum Gasteiger partial charge on any atom is -0.0323 e. The van der Waals surface area contributed by atoms with Gasteiger partial charge in [0.05, 0.1) is 0 Å². The van der Waals surface area contributed by atoms with Crippen LogP contribution in [-0.2, 0) is 0 Å². The third-order valence-corrected chi connectivity index (χ3v) is 3.59. The number of rotatable bonds is 4. The first-order chi connectivity index (χ1) is 5.49. The van der Waals surface area contributed by atoms with Crippen molar-refractivity contribution in [2.75, 3.05) is 0 Å². The van der Waals surface area contributed by atoms with Gasteiger partial charge < -0.3 is 0 Å². The van der Waals surface area contributed by atoms with Crippen LogP contribution < -0.4 is 0 Å². The van der Waals surface area contributed by atoms with Gasteiger partial charge in [-0.15, -0.1) is 0 Å². The van der Waals surface area contributed by atoms with E-state index in [9.17, 15) is 0 Å². The van der Waals surface area contributed by atoms with E-state index in [1.807, 2.05) is 0 Å². The fraction of sp³-hybridized carbons (Fsp3) is 1.00. The molecule has 0 aromatic carbocycles. The Morgan fingerprint density at radius 2 is 1.92 bits per heavy atom. The van der Waals surface area contributed by atoms with Gasteiger partial charge in [-0.1, -0.05) is 41.0 Å². The standard InChI is InChI=1S/C12H24/c1-6-7-12(4,5)11-8-10(11)9(2)3/h9-11H,6-8H2,1-5H3. The van der Waals surface area contributed by atoms with Crippen molar-refractivity contribution in [1.29, 1.82) is 0 Å². The molecule has 0 spiro atoms. The maximum atomic E-state index is 2.45. The summed E-state index contributed by atoms with van der Waals surface area (Å²) in [6, 6.07) is 0. The van der Waals surface area contributed by atoms with Crippen LogP contribution in [0.1, 0.15) is 53.9 Å². The van der Waals surface area contributed by atoms with E-state index in [1.165, 1.54) is 19.3 Å². The molecule has 0 amide bonds. The minimum atomic E-state index is 0.615. The molecule has 12 heavy (non-hydrogen) atoms. The lowest BCUT2D eigenvalue weighted by Crippen LogP contribution is -2.16. The minimum absolute atomic E-state index is 0.615. The van der Waals surface area contributed by atoms with Gasteiger partial charge in [-0.3, -0.25) is 0 Å². The van der Waals surface area contributed by atoms with Crippen LogP contribution >= 0.6 is 0 Å². The van der Waals surface area contributed by atoms with Crippen LogP contribution in [0.5, 0.6) is 0 Å². The molecular weight excluding hydrogens is 144 g/mol. The topological polar surface area (TPSA) is 0 Å². The summed E-state index contributed by atoms with van der Waals surface area (Å²) in [6.07, 6.45) is 4.24. The molecule has 0 bridgehead atoms. The molecule has 1 fully saturated rings. The van der Waals surface area contributed by atoms with Gasteiger partial charge in [0.2, 0.25) is 0 Å². The monoisotopic (exact) mass is 168 g/mol. The molecule has 2 atom stereocenters. The van der Waals surface area contributed by atoms with Crippen LogP contribution in [0, 0.1) is 23.2 Å². The second-order valence-electron chi connectivity index (χ2n) is 5.49. The highest BCUT2D eigenvalue weighted by molar-refractivity contribution is 4.96. The Balaban J connectivity index is 2.40. The largest absolute Gasteiger partial charge is 0.0654 e. The van der Waals surface area contributed by atoms with Gasteiger partial charge in [-0.2, -0.15) is 0 Å². The van der Waals surface area contributed by atoms with Crippen molar-refractivity contribution >= 4 is 0 Å². The van der Waals surface area contributed by atoms with E-state index >= 15 is 0 Å². The van der Waals surface area contributed by atoms with E-state index in [0.717, 1.165) is 17.8 Å².